The second-order valence-electron chi connectivity index (χ2n) is 5.39. The number of aryl methyl sites for hydroxylation is 2. The van der Waals surface area contributed by atoms with Gasteiger partial charge in [0.05, 0.1) is 7.11 Å². The Balaban J connectivity index is 1.64. The normalized spacial score (nSPS) is 11.3. The summed E-state index contributed by atoms with van der Waals surface area (Å²) in [6.07, 6.45) is 3.72. The number of nitrogens with zero attached hydrogens (tertiary/aromatic N) is 2. The molecule has 0 fully saturated rings. The Kier molecular flexibility index (Phi) is 5.05. The summed E-state index contributed by atoms with van der Waals surface area (Å²) in [7, 11) is 1.69. The maximum absolute atomic E-state index is 5.49. The topological polar surface area (TPSA) is 63.9 Å². The van der Waals surface area contributed by atoms with Gasteiger partial charge in [0.25, 0.3) is 0 Å². The van der Waals surface area contributed by atoms with Crippen LogP contribution >= 0.6 is 11.8 Å². The third-order valence-electron chi connectivity index (χ3n) is 3.44. The van der Waals surface area contributed by atoms with Gasteiger partial charge in [-0.15, -0.1) is 5.10 Å². The first-order chi connectivity index (χ1) is 11.6. The Hall–Kier alpha value is -2.47. The quantitative estimate of drug-likeness (QED) is 0.669. The van der Waals surface area contributed by atoms with E-state index in [1.165, 1.54) is 5.56 Å². The Labute approximate surface area is 145 Å². The van der Waals surface area contributed by atoms with Crippen LogP contribution in [0, 0.1) is 13.8 Å². The summed E-state index contributed by atoms with van der Waals surface area (Å²) in [6.45, 7) is 3.99. The number of rotatable bonds is 6. The highest BCUT2D eigenvalue weighted by molar-refractivity contribution is 7.98. The van der Waals surface area contributed by atoms with E-state index >= 15 is 0 Å². The van der Waals surface area contributed by atoms with E-state index in [4.69, 9.17) is 9.15 Å². The van der Waals surface area contributed by atoms with E-state index in [9.17, 15) is 0 Å². The van der Waals surface area contributed by atoms with Crippen LogP contribution in [0.2, 0.25) is 0 Å². The second-order valence-corrected chi connectivity index (χ2v) is 6.33. The molecule has 0 aliphatic heterocycles. The van der Waals surface area contributed by atoms with Crippen molar-refractivity contribution in [3.63, 3.8) is 0 Å². The molecular formula is C18H19N3O2S. The van der Waals surface area contributed by atoms with E-state index in [0.29, 0.717) is 11.0 Å². The lowest BCUT2D eigenvalue weighted by molar-refractivity contribution is 0.411. The van der Waals surface area contributed by atoms with Gasteiger partial charge >= 0.3 is 0 Å². The Morgan fingerprint density at radius 2 is 2.08 bits per heavy atom. The zero-order chi connectivity index (χ0) is 16.9. The van der Waals surface area contributed by atoms with Crippen molar-refractivity contribution in [2.75, 3.05) is 7.11 Å². The average Bonchev–Trinajstić information content (AvgIpc) is 3.20. The van der Waals surface area contributed by atoms with Crippen molar-refractivity contribution in [2.45, 2.75) is 24.8 Å². The van der Waals surface area contributed by atoms with Crippen LogP contribution in [0.15, 0.2) is 39.9 Å². The highest BCUT2D eigenvalue weighted by atomic mass is 32.2. The number of hydrogen-bond donors (Lipinski definition) is 1. The maximum atomic E-state index is 5.49. The first kappa shape index (κ1) is 16.4. The maximum Gasteiger partial charge on any atom is 0.209 e. The van der Waals surface area contributed by atoms with Gasteiger partial charge in [-0.05, 0) is 44.2 Å². The van der Waals surface area contributed by atoms with Crippen molar-refractivity contribution in [1.29, 1.82) is 0 Å². The molecular weight excluding hydrogens is 322 g/mol. The first-order valence-corrected chi connectivity index (χ1v) is 8.56. The van der Waals surface area contributed by atoms with E-state index in [1.54, 1.807) is 18.9 Å². The highest BCUT2D eigenvalue weighted by Gasteiger charge is 2.07. The number of benzene rings is 1. The molecule has 0 radical (unpaired) electrons. The van der Waals surface area contributed by atoms with Gasteiger partial charge in [0.2, 0.25) is 5.16 Å². The molecule has 0 spiro atoms. The molecule has 2 aromatic heterocycles. The first-order valence-electron chi connectivity index (χ1n) is 7.57. The number of aromatic amines is 1. The minimum absolute atomic E-state index is 0.697. The fraction of sp³-hybridized carbons (Fsp3) is 0.222. The molecule has 3 aromatic rings. The molecule has 5 nitrogen and oxygen atoms in total. The smallest absolute Gasteiger partial charge is 0.209 e. The molecule has 2 heterocycles. The van der Waals surface area contributed by atoms with Gasteiger partial charge in [-0.2, -0.15) is 0 Å². The SMILES string of the molecule is COc1ccc(C)cc1CSc1n[nH]c(/C=C/c2ccc(C)o2)n1. The molecule has 1 N–H and O–H groups in total. The Morgan fingerprint density at radius 1 is 1.21 bits per heavy atom. The number of aromatic nitrogens is 3. The van der Waals surface area contributed by atoms with Gasteiger partial charge in [-0.25, -0.2) is 4.98 Å². The zero-order valence-electron chi connectivity index (χ0n) is 13.9. The Morgan fingerprint density at radius 3 is 2.83 bits per heavy atom. The highest BCUT2D eigenvalue weighted by Crippen LogP contribution is 2.27. The lowest BCUT2D eigenvalue weighted by Crippen LogP contribution is -1.91. The number of ether oxygens (including phenoxy) is 1. The van der Waals surface area contributed by atoms with Crippen LogP contribution in [0.5, 0.6) is 5.75 Å². The molecule has 0 aliphatic carbocycles. The minimum Gasteiger partial charge on any atom is -0.496 e. The monoisotopic (exact) mass is 341 g/mol. The lowest BCUT2D eigenvalue weighted by Gasteiger charge is -2.07. The van der Waals surface area contributed by atoms with Gasteiger partial charge in [-0.1, -0.05) is 29.5 Å². The van der Waals surface area contributed by atoms with Crippen molar-refractivity contribution in [3.8, 4) is 5.75 Å². The molecule has 0 atom stereocenters. The van der Waals surface area contributed by atoms with E-state index in [2.05, 4.69) is 28.2 Å². The molecule has 3 rings (SSSR count). The van der Waals surface area contributed by atoms with Gasteiger partial charge in [0.15, 0.2) is 0 Å². The summed E-state index contributed by atoms with van der Waals surface area (Å²) >= 11 is 1.57. The molecule has 124 valence electrons. The van der Waals surface area contributed by atoms with Crippen LogP contribution in [0.3, 0.4) is 0 Å². The third-order valence-corrected chi connectivity index (χ3v) is 4.34. The average molecular weight is 341 g/mol. The van der Waals surface area contributed by atoms with Crippen LogP contribution in [-0.4, -0.2) is 22.3 Å². The summed E-state index contributed by atoms with van der Waals surface area (Å²) in [5, 5.41) is 7.85. The summed E-state index contributed by atoms with van der Waals surface area (Å²) in [6, 6.07) is 10.00. The molecule has 0 saturated carbocycles. The number of hydrogen-bond acceptors (Lipinski definition) is 5. The molecule has 1 aromatic carbocycles. The predicted molar refractivity (Wildman–Crippen MR) is 96.0 cm³/mol. The summed E-state index contributed by atoms with van der Waals surface area (Å²) in [5.74, 6) is 4.02. The molecule has 0 aliphatic rings. The van der Waals surface area contributed by atoms with Crippen LogP contribution in [0.25, 0.3) is 12.2 Å². The van der Waals surface area contributed by atoms with Crippen LogP contribution < -0.4 is 4.74 Å². The lowest BCUT2D eigenvalue weighted by atomic mass is 10.1. The fourth-order valence-electron chi connectivity index (χ4n) is 2.26. The van der Waals surface area contributed by atoms with Crippen LogP contribution in [-0.2, 0) is 5.75 Å². The van der Waals surface area contributed by atoms with Crippen molar-refractivity contribution in [1.82, 2.24) is 15.2 Å². The standard InChI is InChI=1S/C18H19N3O2S/c1-12-4-8-16(22-3)14(10-12)11-24-18-19-17(20-21-18)9-7-15-6-5-13(2)23-15/h4-10H,11H2,1-3H3,(H,19,20,21)/b9-7+. The molecule has 0 amide bonds. The Bertz CT molecular complexity index is 852. The molecule has 6 heteroatoms. The molecule has 0 saturated heterocycles. The number of nitrogens with one attached hydrogen (secondary N) is 1. The number of methoxy groups -OCH3 is 1. The summed E-state index contributed by atoms with van der Waals surface area (Å²) in [5.41, 5.74) is 2.34. The summed E-state index contributed by atoms with van der Waals surface area (Å²) in [4.78, 5) is 4.45. The summed E-state index contributed by atoms with van der Waals surface area (Å²) < 4.78 is 10.9. The van der Waals surface area contributed by atoms with Crippen LogP contribution in [0.1, 0.15) is 28.5 Å². The number of thioether (sulfide) groups is 1. The molecule has 24 heavy (non-hydrogen) atoms. The van der Waals surface area contributed by atoms with E-state index in [0.717, 1.165) is 28.6 Å². The third kappa shape index (κ3) is 4.08. The zero-order valence-corrected chi connectivity index (χ0v) is 14.7. The van der Waals surface area contributed by atoms with E-state index < -0.39 is 0 Å². The van der Waals surface area contributed by atoms with Crippen molar-refractivity contribution in [3.05, 3.63) is 58.8 Å². The van der Waals surface area contributed by atoms with Crippen molar-refractivity contribution < 1.29 is 9.15 Å². The molecule has 0 bridgehead atoms. The van der Waals surface area contributed by atoms with E-state index in [1.807, 2.05) is 43.3 Å². The number of H-pyrrole nitrogens is 1. The van der Waals surface area contributed by atoms with Gasteiger partial charge in [0.1, 0.15) is 23.1 Å². The fourth-order valence-corrected chi connectivity index (χ4v) is 3.05. The minimum atomic E-state index is 0.697. The second kappa shape index (κ2) is 7.40. The largest absolute Gasteiger partial charge is 0.496 e. The van der Waals surface area contributed by atoms with Crippen LogP contribution in [0.4, 0.5) is 0 Å². The van der Waals surface area contributed by atoms with E-state index in [-0.39, 0.29) is 0 Å². The van der Waals surface area contributed by atoms with Gasteiger partial charge in [0, 0.05) is 11.3 Å². The van der Waals surface area contributed by atoms with Gasteiger partial charge in [-0.3, -0.25) is 5.10 Å². The van der Waals surface area contributed by atoms with Crippen molar-refractivity contribution >= 4 is 23.9 Å². The van der Waals surface area contributed by atoms with Gasteiger partial charge < -0.3 is 9.15 Å². The predicted octanol–water partition coefficient (Wildman–Crippen LogP) is 4.49. The molecule has 0 unspecified atom stereocenters. The number of furan rings is 1. The van der Waals surface area contributed by atoms with Crippen molar-refractivity contribution in [2.24, 2.45) is 0 Å².